The van der Waals surface area contributed by atoms with Gasteiger partial charge in [-0.05, 0) is 29.7 Å². The van der Waals surface area contributed by atoms with Gasteiger partial charge in [0.05, 0.1) is 0 Å². The Morgan fingerprint density at radius 2 is 1.67 bits per heavy atom. The molecule has 1 aromatic carbocycles. The van der Waals surface area contributed by atoms with E-state index >= 15 is 0 Å². The summed E-state index contributed by atoms with van der Waals surface area (Å²) in [5.74, 6) is 0.930. The van der Waals surface area contributed by atoms with Crippen LogP contribution in [0.25, 0.3) is 0 Å². The lowest BCUT2D eigenvalue weighted by Crippen LogP contribution is -2.19. The summed E-state index contributed by atoms with van der Waals surface area (Å²) in [6, 6.07) is 10.9. The van der Waals surface area contributed by atoms with Crippen LogP contribution in [0.1, 0.15) is 32.3 Å². The molecule has 0 bridgehead atoms. The summed E-state index contributed by atoms with van der Waals surface area (Å²) in [6.45, 7) is 4.72. The molecular formula is C12H16. The predicted octanol–water partition coefficient (Wildman–Crippen LogP) is 3.37. The highest BCUT2D eigenvalue weighted by Crippen LogP contribution is 2.46. The van der Waals surface area contributed by atoms with E-state index in [4.69, 9.17) is 0 Å². The van der Waals surface area contributed by atoms with Gasteiger partial charge in [0.15, 0.2) is 0 Å². The molecule has 12 heavy (non-hydrogen) atoms. The second-order valence-electron chi connectivity index (χ2n) is 4.36. The summed E-state index contributed by atoms with van der Waals surface area (Å²) >= 11 is 0. The first-order valence-electron chi connectivity index (χ1n) is 4.77. The maximum absolute atomic E-state index is 2.36. The number of benzene rings is 1. The van der Waals surface area contributed by atoms with Gasteiger partial charge in [0.2, 0.25) is 0 Å². The monoisotopic (exact) mass is 160 g/mol. The highest BCUT2D eigenvalue weighted by atomic mass is 14.4. The van der Waals surface area contributed by atoms with E-state index in [0.29, 0.717) is 5.41 Å². The lowest BCUT2D eigenvalue weighted by Gasteiger charge is -2.24. The van der Waals surface area contributed by atoms with Gasteiger partial charge in [-0.25, -0.2) is 0 Å². The Labute approximate surface area is 74.6 Å². The Morgan fingerprint density at radius 3 is 2.17 bits per heavy atom. The van der Waals surface area contributed by atoms with E-state index in [2.05, 4.69) is 44.2 Å². The van der Waals surface area contributed by atoms with Crippen molar-refractivity contribution in [1.29, 1.82) is 0 Å². The smallest absolute Gasteiger partial charge is 0.00753 e. The minimum Gasteiger partial charge on any atom is -0.0622 e. The van der Waals surface area contributed by atoms with E-state index in [1.165, 1.54) is 18.4 Å². The molecule has 2 rings (SSSR count). The summed E-state index contributed by atoms with van der Waals surface area (Å²) < 4.78 is 0. The van der Waals surface area contributed by atoms with Gasteiger partial charge in [-0.15, -0.1) is 0 Å². The van der Waals surface area contributed by atoms with E-state index in [-0.39, 0.29) is 0 Å². The molecule has 1 fully saturated rings. The van der Waals surface area contributed by atoms with E-state index in [1.807, 2.05) is 0 Å². The van der Waals surface area contributed by atoms with Crippen LogP contribution >= 0.6 is 0 Å². The van der Waals surface area contributed by atoms with Crippen LogP contribution in [-0.2, 0) is 5.41 Å². The Balaban J connectivity index is 2.28. The van der Waals surface area contributed by atoms with E-state index in [9.17, 15) is 0 Å². The molecule has 0 aliphatic heterocycles. The first kappa shape index (κ1) is 7.85. The summed E-state index contributed by atoms with van der Waals surface area (Å²) in [5, 5.41) is 0. The van der Waals surface area contributed by atoms with Gasteiger partial charge in [-0.1, -0.05) is 44.2 Å². The lowest BCUT2D eigenvalue weighted by molar-refractivity contribution is 0.454. The van der Waals surface area contributed by atoms with Crippen molar-refractivity contribution in [2.24, 2.45) is 5.92 Å². The summed E-state index contributed by atoms with van der Waals surface area (Å²) in [6.07, 6.45) is 2.84. The third-order valence-electron chi connectivity index (χ3n) is 3.12. The predicted molar refractivity (Wildman–Crippen MR) is 52.2 cm³/mol. The molecule has 0 atom stereocenters. The second-order valence-corrected chi connectivity index (χ2v) is 4.36. The third-order valence-corrected chi connectivity index (χ3v) is 3.12. The molecule has 0 aromatic heterocycles. The molecule has 1 aliphatic carbocycles. The SMILES string of the molecule is CC(C)(c1ccccc1)C1CC1. The van der Waals surface area contributed by atoms with Crippen LogP contribution in [0, 0.1) is 5.92 Å². The molecule has 1 aliphatic rings. The standard InChI is InChI=1S/C12H16/c1-12(2,11-8-9-11)10-6-4-3-5-7-10/h3-7,11H,8-9H2,1-2H3. The maximum Gasteiger partial charge on any atom is -0.00753 e. The molecule has 1 saturated carbocycles. The Kier molecular flexibility index (Phi) is 1.71. The normalized spacial score (nSPS) is 17.8. The Hall–Kier alpha value is -0.780. The first-order chi connectivity index (χ1) is 5.71. The van der Waals surface area contributed by atoms with Crippen LogP contribution in [-0.4, -0.2) is 0 Å². The van der Waals surface area contributed by atoms with Crippen molar-refractivity contribution >= 4 is 0 Å². The lowest BCUT2D eigenvalue weighted by atomic mass is 9.80. The zero-order valence-electron chi connectivity index (χ0n) is 7.88. The highest BCUT2D eigenvalue weighted by molar-refractivity contribution is 5.25. The molecule has 0 radical (unpaired) electrons. The first-order valence-corrected chi connectivity index (χ1v) is 4.77. The fourth-order valence-corrected chi connectivity index (χ4v) is 1.91. The topological polar surface area (TPSA) is 0 Å². The van der Waals surface area contributed by atoms with Crippen LogP contribution in [0.15, 0.2) is 30.3 Å². The number of hydrogen-bond acceptors (Lipinski definition) is 0. The largest absolute Gasteiger partial charge is 0.0622 e. The van der Waals surface area contributed by atoms with Crippen LogP contribution in [0.3, 0.4) is 0 Å². The van der Waals surface area contributed by atoms with Gasteiger partial charge in [-0.2, -0.15) is 0 Å². The quantitative estimate of drug-likeness (QED) is 0.622. The van der Waals surface area contributed by atoms with E-state index < -0.39 is 0 Å². The van der Waals surface area contributed by atoms with Gasteiger partial charge < -0.3 is 0 Å². The maximum atomic E-state index is 2.36. The molecule has 1 aromatic rings. The van der Waals surface area contributed by atoms with Crippen LogP contribution in [0.2, 0.25) is 0 Å². The van der Waals surface area contributed by atoms with Crippen molar-refractivity contribution in [2.45, 2.75) is 32.1 Å². The average Bonchev–Trinajstić information content (AvgIpc) is 2.88. The van der Waals surface area contributed by atoms with Gasteiger partial charge in [0.1, 0.15) is 0 Å². The van der Waals surface area contributed by atoms with Gasteiger partial charge in [-0.3, -0.25) is 0 Å². The fourth-order valence-electron chi connectivity index (χ4n) is 1.91. The van der Waals surface area contributed by atoms with Gasteiger partial charge in [0.25, 0.3) is 0 Å². The van der Waals surface area contributed by atoms with Crippen molar-refractivity contribution in [3.63, 3.8) is 0 Å². The van der Waals surface area contributed by atoms with E-state index in [0.717, 1.165) is 5.92 Å². The number of rotatable bonds is 2. The molecule has 0 N–H and O–H groups in total. The van der Waals surface area contributed by atoms with Crippen molar-refractivity contribution in [2.75, 3.05) is 0 Å². The Morgan fingerprint density at radius 1 is 1.08 bits per heavy atom. The van der Waals surface area contributed by atoms with Gasteiger partial charge in [0, 0.05) is 0 Å². The minimum absolute atomic E-state index is 0.404. The summed E-state index contributed by atoms with van der Waals surface area (Å²) in [5.41, 5.74) is 1.90. The number of hydrogen-bond donors (Lipinski definition) is 0. The van der Waals surface area contributed by atoms with Crippen LogP contribution < -0.4 is 0 Å². The zero-order valence-corrected chi connectivity index (χ0v) is 7.88. The summed E-state index contributed by atoms with van der Waals surface area (Å²) in [7, 11) is 0. The molecule has 0 spiro atoms. The van der Waals surface area contributed by atoms with Crippen LogP contribution in [0.4, 0.5) is 0 Å². The molecule has 0 nitrogen and oxygen atoms in total. The zero-order chi connectivity index (χ0) is 8.60. The van der Waals surface area contributed by atoms with Gasteiger partial charge >= 0.3 is 0 Å². The van der Waals surface area contributed by atoms with Crippen molar-refractivity contribution < 1.29 is 0 Å². The molecule has 64 valence electrons. The molecule has 0 amide bonds. The van der Waals surface area contributed by atoms with Crippen LogP contribution in [0.5, 0.6) is 0 Å². The molecule has 0 saturated heterocycles. The molecule has 0 heterocycles. The average molecular weight is 160 g/mol. The van der Waals surface area contributed by atoms with Crippen molar-refractivity contribution in [1.82, 2.24) is 0 Å². The molecule has 0 heteroatoms. The van der Waals surface area contributed by atoms with Crippen molar-refractivity contribution in [3.05, 3.63) is 35.9 Å². The fraction of sp³-hybridized carbons (Fsp3) is 0.500. The molecular weight excluding hydrogens is 144 g/mol. The highest BCUT2D eigenvalue weighted by Gasteiger charge is 2.38. The third kappa shape index (κ3) is 1.26. The summed E-state index contributed by atoms with van der Waals surface area (Å²) in [4.78, 5) is 0. The van der Waals surface area contributed by atoms with E-state index in [1.54, 1.807) is 0 Å². The second kappa shape index (κ2) is 2.62. The van der Waals surface area contributed by atoms with Crippen molar-refractivity contribution in [3.8, 4) is 0 Å². The molecule has 0 unspecified atom stereocenters. The minimum atomic E-state index is 0.404. The Bertz CT molecular complexity index is 255.